The van der Waals surface area contributed by atoms with E-state index in [0.717, 1.165) is 0 Å². The van der Waals surface area contributed by atoms with Crippen molar-refractivity contribution in [1.82, 2.24) is 19.9 Å². The Morgan fingerprint density at radius 1 is 1.29 bits per heavy atom. The van der Waals surface area contributed by atoms with E-state index < -0.39 is 11.7 Å². The van der Waals surface area contributed by atoms with Crippen LogP contribution in [0.5, 0.6) is 11.5 Å². The lowest BCUT2D eigenvalue weighted by atomic mass is 10.2. The fourth-order valence-electron chi connectivity index (χ4n) is 3.41. The number of ether oxygens (including phenoxy) is 3. The van der Waals surface area contributed by atoms with Crippen LogP contribution in [0.15, 0.2) is 30.5 Å². The number of amides is 2. The summed E-state index contributed by atoms with van der Waals surface area (Å²) in [6.45, 7) is 7.46. The molecule has 3 heterocycles. The third-order valence-electron chi connectivity index (χ3n) is 5.02. The molecule has 34 heavy (non-hydrogen) atoms. The highest BCUT2D eigenvalue weighted by Gasteiger charge is 2.26. The Morgan fingerprint density at radius 2 is 2.06 bits per heavy atom. The van der Waals surface area contributed by atoms with E-state index >= 15 is 0 Å². The zero-order valence-electron chi connectivity index (χ0n) is 20.0. The normalized spacial score (nSPS) is 15.8. The number of benzene rings is 1. The zero-order valence-corrected chi connectivity index (χ0v) is 20.0. The zero-order chi connectivity index (χ0) is 24.6. The fraction of sp³-hybridized carbons (Fsp3) is 0.391. The Balaban J connectivity index is 1.88. The van der Waals surface area contributed by atoms with Gasteiger partial charge in [-0.25, -0.2) is 9.78 Å². The molecule has 1 aliphatic rings. The number of hydrogen-bond donors (Lipinski definition) is 2. The second-order valence-electron chi connectivity index (χ2n) is 9.01. The topological polar surface area (TPSA) is 119 Å². The Labute approximate surface area is 197 Å². The van der Waals surface area contributed by atoms with Crippen molar-refractivity contribution < 1.29 is 23.8 Å². The van der Waals surface area contributed by atoms with Gasteiger partial charge < -0.3 is 24.8 Å². The summed E-state index contributed by atoms with van der Waals surface area (Å²) in [6.07, 6.45) is 0.842. The summed E-state index contributed by atoms with van der Waals surface area (Å²) in [6, 6.07) is 6.70. The predicted molar refractivity (Wildman–Crippen MR) is 126 cm³/mol. The summed E-state index contributed by atoms with van der Waals surface area (Å²) in [4.78, 5) is 31.7. The van der Waals surface area contributed by atoms with Crippen LogP contribution in [0.3, 0.4) is 0 Å². The number of rotatable bonds is 2. The number of carbonyl (C=O) groups is 2. The first-order valence-electron chi connectivity index (χ1n) is 10.8. The molecule has 2 amide bonds. The molecule has 4 rings (SSSR count). The summed E-state index contributed by atoms with van der Waals surface area (Å²) in [5, 5.41) is 10.4. The SMILES string of the molecule is COc1ccc2cc1Nc1cc(N(C)C(=O)OC(C)(C)C)n3ncc(c3n1)C(=O)N[C@H](C)CO2. The molecule has 1 aromatic carbocycles. The molecule has 1 aliphatic heterocycles. The van der Waals surface area contributed by atoms with Crippen LogP contribution in [0, 0.1) is 0 Å². The molecule has 4 bridgehead atoms. The highest BCUT2D eigenvalue weighted by atomic mass is 16.6. The standard InChI is InChI=1S/C23H28N6O5/c1-13-12-33-14-7-8-17(32-6)16(9-14)26-18-10-19(28(5)22(31)34-23(2,3)4)29-20(27-18)15(11-24-29)21(30)25-13/h7-11,13H,12H2,1-6H3,(H,25,30)(H,26,27)/t13-/m1/s1. The Hall–Kier alpha value is -4.02. The maximum Gasteiger partial charge on any atom is 0.415 e. The van der Waals surface area contributed by atoms with Crippen molar-refractivity contribution in [2.45, 2.75) is 39.3 Å². The lowest BCUT2D eigenvalue weighted by Gasteiger charge is -2.25. The molecule has 2 N–H and O–H groups in total. The number of hydrogen-bond acceptors (Lipinski definition) is 8. The molecule has 0 saturated heterocycles. The smallest absolute Gasteiger partial charge is 0.415 e. The van der Waals surface area contributed by atoms with Crippen LogP contribution in [0.2, 0.25) is 0 Å². The molecule has 2 aromatic heterocycles. The van der Waals surface area contributed by atoms with Gasteiger partial charge in [0.15, 0.2) is 5.65 Å². The van der Waals surface area contributed by atoms with Gasteiger partial charge in [-0.15, -0.1) is 0 Å². The van der Waals surface area contributed by atoms with E-state index in [1.165, 1.54) is 15.6 Å². The van der Waals surface area contributed by atoms with Gasteiger partial charge in [-0.2, -0.15) is 9.61 Å². The number of fused-ring (bicyclic) bond motifs is 3. The summed E-state index contributed by atoms with van der Waals surface area (Å²) in [5.74, 6) is 1.54. The molecule has 0 radical (unpaired) electrons. The average Bonchev–Trinajstić information content (AvgIpc) is 3.19. The quantitative estimate of drug-likeness (QED) is 0.588. The van der Waals surface area contributed by atoms with Crippen LogP contribution < -0.4 is 25.0 Å². The lowest BCUT2D eigenvalue weighted by molar-refractivity contribution is 0.0587. The van der Waals surface area contributed by atoms with Gasteiger partial charge in [0.25, 0.3) is 5.91 Å². The molecule has 1 atom stereocenters. The summed E-state index contributed by atoms with van der Waals surface area (Å²) >= 11 is 0. The number of methoxy groups -OCH3 is 1. The van der Waals surface area contributed by atoms with Gasteiger partial charge in [0.2, 0.25) is 0 Å². The van der Waals surface area contributed by atoms with E-state index in [0.29, 0.717) is 28.8 Å². The van der Waals surface area contributed by atoms with Crippen molar-refractivity contribution in [1.29, 1.82) is 0 Å². The molecule has 0 fully saturated rings. The minimum absolute atomic E-state index is 0.257. The highest BCUT2D eigenvalue weighted by Crippen LogP contribution is 2.33. The minimum atomic E-state index is -0.688. The lowest BCUT2D eigenvalue weighted by Crippen LogP contribution is -2.37. The van der Waals surface area contributed by atoms with Crippen LogP contribution in [-0.2, 0) is 4.74 Å². The van der Waals surface area contributed by atoms with Gasteiger partial charge >= 0.3 is 6.09 Å². The van der Waals surface area contributed by atoms with E-state index in [1.807, 2.05) is 6.92 Å². The monoisotopic (exact) mass is 468 g/mol. The van der Waals surface area contributed by atoms with E-state index in [9.17, 15) is 9.59 Å². The average molecular weight is 469 g/mol. The van der Waals surface area contributed by atoms with Crippen LogP contribution in [0.1, 0.15) is 38.1 Å². The first-order chi connectivity index (χ1) is 16.1. The molecule has 0 saturated carbocycles. The molecule has 0 unspecified atom stereocenters. The van der Waals surface area contributed by atoms with E-state index in [1.54, 1.807) is 59.2 Å². The van der Waals surface area contributed by atoms with Gasteiger partial charge in [-0.05, 0) is 39.8 Å². The first kappa shape index (κ1) is 23.1. The van der Waals surface area contributed by atoms with Crippen molar-refractivity contribution in [3.63, 3.8) is 0 Å². The van der Waals surface area contributed by atoms with Crippen LogP contribution in [-0.4, -0.2) is 59.0 Å². The van der Waals surface area contributed by atoms with Crippen molar-refractivity contribution in [3.05, 3.63) is 36.0 Å². The van der Waals surface area contributed by atoms with Crippen molar-refractivity contribution in [3.8, 4) is 11.5 Å². The number of anilines is 3. The van der Waals surface area contributed by atoms with E-state index in [2.05, 4.69) is 20.7 Å². The van der Waals surface area contributed by atoms with E-state index in [-0.39, 0.29) is 29.8 Å². The van der Waals surface area contributed by atoms with Crippen molar-refractivity contribution in [2.75, 3.05) is 31.0 Å². The maximum atomic E-state index is 13.0. The van der Waals surface area contributed by atoms with Gasteiger partial charge in [-0.1, -0.05) is 0 Å². The summed E-state index contributed by atoms with van der Waals surface area (Å²) < 4.78 is 18.3. The number of nitrogens with zero attached hydrogens (tertiary/aromatic N) is 4. The van der Waals surface area contributed by atoms with Crippen molar-refractivity contribution in [2.24, 2.45) is 0 Å². The van der Waals surface area contributed by atoms with Gasteiger partial charge in [0, 0.05) is 19.2 Å². The Bertz CT molecular complexity index is 1250. The Morgan fingerprint density at radius 3 is 2.76 bits per heavy atom. The highest BCUT2D eigenvalue weighted by molar-refractivity contribution is 6.00. The number of aromatic nitrogens is 3. The molecular formula is C23H28N6O5. The molecule has 3 aromatic rings. The van der Waals surface area contributed by atoms with Crippen LogP contribution >= 0.6 is 0 Å². The van der Waals surface area contributed by atoms with Crippen LogP contribution in [0.25, 0.3) is 5.65 Å². The van der Waals surface area contributed by atoms with Gasteiger partial charge in [0.05, 0.1) is 25.0 Å². The minimum Gasteiger partial charge on any atom is -0.495 e. The predicted octanol–water partition coefficient (Wildman–Crippen LogP) is 3.36. The second-order valence-corrected chi connectivity index (χ2v) is 9.01. The third-order valence-corrected chi connectivity index (χ3v) is 5.02. The van der Waals surface area contributed by atoms with Gasteiger partial charge in [0.1, 0.15) is 40.9 Å². The largest absolute Gasteiger partial charge is 0.495 e. The third kappa shape index (κ3) is 4.68. The maximum absolute atomic E-state index is 13.0. The molecule has 180 valence electrons. The first-order valence-corrected chi connectivity index (χ1v) is 10.8. The summed E-state index contributed by atoms with van der Waals surface area (Å²) in [7, 11) is 3.13. The molecule has 11 nitrogen and oxygen atoms in total. The molecule has 0 spiro atoms. The van der Waals surface area contributed by atoms with Crippen molar-refractivity contribution >= 4 is 35.0 Å². The molecular weight excluding hydrogens is 440 g/mol. The number of nitrogens with one attached hydrogen (secondary N) is 2. The van der Waals surface area contributed by atoms with Crippen LogP contribution in [0.4, 0.5) is 22.1 Å². The Kier molecular flexibility index (Phi) is 5.94. The van der Waals surface area contributed by atoms with Gasteiger partial charge in [-0.3, -0.25) is 9.69 Å². The summed E-state index contributed by atoms with van der Waals surface area (Å²) in [5.41, 5.74) is 0.449. The molecule has 11 heteroatoms. The van der Waals surface area contributed by atoms with E-state index in [4.69, 9.17) is 14.2 Å². The second kappa shape index (κ2) is 8.73. The fourth-order valence-corrected chi connectivity index (χ4v) is 3.41. The number of carbonyl (C=O) groups excluding carboxylic acids is 2. The molecule has 0 aliphatic carbocycles.